The number of rotatable bonds is 0. The van der Waals surface area contributed by atoms with Crippen molar-refractivity contribution in [1.29, 1.82) is 0 Å². The summed E-state index contributed by atoms with van der Waals surface area (Å²) in [4.78, 5) is 0. The van der Waals surface area contributed by atoms with E-state index in [-0.39, 0.29) is 5.41 Å². The Balaban J connectivity index is 2.75. The summed E-state index contributed by atoms with van der Waals surface area (Å²) in [5.74, 6) is 1.97. The molecule has 1 fully saturated rings. The molecule has 1 saturated heterocycles. The SMILES string of the molecule is CC1(C)CSC/C1=N\O. The Labute approximate surface area is 59.3 Å². The first-order valence-electron chi connectivity index (χ1n) is 2.96. The lowest BCUT2D eigenvalue weighted by Gasteiger charge is -2.14. The van der Waals surface area contributed by atoms with Gasteiger partial charge >= 0.3 is 0 Å². The maximum Gasteiger partial charge on any atom is 0.0733 e. The molecule has 1 aliphatic heterocycles. The minimum atomic E-state index is 0.124. The monoisotopic (exact) mass is 145 g/mol. The van der Waals surface area contributed by atoms with E-state index >= 15 is 0 Å². The van der Waals surface area contributed by atoms with Crippen LogP contribution in [0, 0.1) is 5.41 Å². The van der Waals surface area contributed by atoms with E-state index in [1.165, 1.54) is 0 Å². The van der Waals surface area contributed by atoms with Crippen LogP contribution in [0.5, 0.6) is 0 Å². The standard InChI is InChI=1S/C6H11NOS/c1-6(2)4-9-3-5(6)7-8/h8H,3-4H2,1-2H3/b7-5+. The van der Waals surface area contributed by atoms with Gasteiger partial charge in [-0.15, -0.1) is 0 Å². The van der Waals surface area contributed by atoms with Crippen molar-refractivity contribution in [1.82, 2.24) is 0 Å². The lowest BCUT2D eigenvalue weighted by atomic mass is 9.91. The van der Waals surface area contributed by atoms with E-state index in [9.17, 15) is 0 Å². The van der Waals surface area contributed by atoms with Crippen LogP contribution < -0.4 is 0 Å². The van der Waals surface area contributed by atoms with E-state index in [4.69, 9.17) is 5.21 Å². The summed E-state index contributed by atoms with van der Waals surface area (Å²) in [5, 5.41) is 11.7. The van der Waals surface area contributed by atoms with Gasteiger partial charge in [0.2, 0.25) is 0 Å². The van der Waals surface area contributed by atoms with Gasteiger partial charge in [-0.25, -0.2) is 0 Å². The van der Waals surface area contributed by atoms with Gasteiger partial charge in [-0.3, -0.25) is 0 Å². The number of nitrogens with zero attached hydrogens (tertiary/aromatic N) is 1. The van der Waals surface area contributed by atoms with Gasteiger partial charge < -0.3 is 5.21 Å². The molecule has 52 valence electrons. The third-order valence-corrected chi connectivity index (χ3v) is 3.01. The lowest BCUT2D eigenvalue weighted by Crippen LogP contribution is -2.21. The Morgan fingerprint density at radius 1 is 1.67 bits per heavy atom. The summed E-state index contributed by atoms with van der Waals surface area (Å²) < 4.78 is 0. The van der Waals surface area contributed by atoms with Crippen LogP contribution in [0.15, 0.2) is 5.16 Å². The molecule has 2 nitrogen and oxygen atoms in total. The third-order valence-electron chi connectivity index (χ3n) is 1.60. The average Bonchev–Trinajstić information content (AvgIpc) is 2.08. The summed E-state index contributed by atoms with van der Waals surface area (Å²) in [7, 11) is 0. The van der Waals surface area contributed by atoms with E-state index in [0.29, 0.717) is 0 Å². The molecular formula is C6H11NOS. The van der Waals surface area contributed by atoms with Crippen molar-refractivity contribution in [2.75, 3.05) is 11.5 Å². The molecule has 0 radical (unpaired) electrons. The Hall–Kier alpha value is -0.180. The zero-order chi connectivity index (χ0) is 6.91. The fourth-order valence-corrected chi connectivity index (χ4v) is 2.27. The highest BCUT2D eigenvalue weighted by Crippen LogP contribution is 2.32. The van der Waals surface area contributed by atoms with Crippen molar-refractivity contribution >= 4 is 17.5 Å². The van der Waals surface area contributed by atoms with Crippen LogP contribution in [0.1, 0.15) is 13.8 Å². The molecule has 1 rings (SSSR count). The molecule has 1 aliphatic rings. The Kier molecular flexibility index (Phi) is 1.70. The van der Waals surface area contributed by atoms with Crippen molar-refractivity contribution < 1.29 is 5.21 Å². The zero-order valence-corrected chi connectivity index (χ0v) is 6.53. The van der Waals surface area contributed by atoms with Gasteiger partial charge in [-0.05, 0) is 0 Å². The summed E-state index contributed by atoms with van der Waals surface area (Å²) in [6.07, 6.45) is 0. The molecule has 0 spiro atoms. The molecule has 0 aromatic heterocycles. The van der Waals surface area contributed by atoms with Crippen molar-refractivity contribution in [3.63, 3.8) is 0 Å². The molecular weight excluding hydrogens is 134 g/mol. The van der Waals surface area contributed by atoms with E-state index in [2.05, 4.69) is 19.0 Å². The minimum absolute atomic E-state index is 0.124. The molecule has 1 heterocycles. The second kappa shape index (κ2) is 2.21. The quantitative estimate of drug-likeness (QED) is 0.414. The molecule has 9 heavy (non-hydrogen) atoms. The highest BCUT2D eigenvalue weighted by Gasteiger charge is 2.31. The molecule has 3 heteroatoms. The van der Waals surface area contributed by atoms with Crippen molar-refractivity contribution in [2.45, 2.75) is 13.8 Å². The summed E-state index contributed by atoms with van der Waals surface area (Å²) in [5.41, 5.74) is 1.05. The highest BCUT2D eigenvalue weighted by atomic mass is 32.2. The summed E-state index contributed by atoms with van der Waals surface area (Å²) in [6.45, 7) is 4.20. The smallest absolute Gasteiger partial charge is 0.0733 e. The third kappa shape index (κ3) is 1.21. The van der Waals surface area contributed by atoms with E-state index < -0.39 is 0 Å². The second-order valence-corrected chi connectivity index (χ2v) is 3.91. The first-order valence-corrected chi connectivity index (χ1v) is 4.11. The largest absolute Gasteiger partial charge is 0.411 e. The number of thioether (sulfide) groups is 1. The topological polar surface area (TPSA) is 32.6 Å². The highest BCUT2D eigenvalue weighted by molar-refractivity contribution is 8.00. The molecule has 0 atom stereocenters. The predicted octanol–water partition coefficient (Wildman–Crippen LogP) is 1.59. The number of oxime groups is 1. The van der Waals surface area contributed by atoms with Crippen LogP contribution in [0.2, 0.25) is 0 Å². The zero-order valence-electron chi connectivity index (χ0n) is 5.72. The molecule has 0 aliphatic carbocycles. The summed E-state index contributed by atoms with van der Waals surface area (Å²) >= 11 is 1.82. The lowest BCUT2D eigenvalue weighted by molar-refractivity contribution is 0.312. The average molecular weight is 145 g/mol. The van der Waals surface area contributed by atoms with Gasteiger partial charge in [0.1, 0.15) is 0 Å². The van der Waals surface area contributed by atoms with Crippen LogP contribution >= 0.6 is 11.8 Å². The summed E-state index contributed by atoms with van der Waals surface area (Å²) in [6, 6.07) is 0. The van der Waals surface area contributed by atoms with E-state index in [0.717, 1.165) is 17.2 Å². The van der Waals surface area contributed by atoms with Crippen LogP contribution in [0.3, 0.4) is 0 Å². The Bertz CT molecular complexity index is 142. The van der Waals surface area contributed by atoms with Gasteiger partial charge in [0, 0.05) is 16.9 Å². The molecule has 0 aromatic carbocycles. The molecule has 0 saturated carbocycles. The van der Waals surface area contributed by atoms with Crippen LogP contribution in [0.25, 0.3) is 0 Å². The van der Waals surface area contributed by atoms with Gasteiger partial charge in [-0.1, -0.05) is 19.0 Å². The molecule has 0 bridgehead atoms. The molecule has 0 unspecified atom stereocenters. The first kappa shape index (κ1) is 6.93. The van der Waals surface area contributed by atoms with Crippen LogP contribution in [0.4, 0.5) is 0 Å². The van der Waals surface area contributed by atoms with Crippen LogP contribution in [-0.4, -0.2) is 22.4 Å². The fraction of sp³-hybridized carbons (Fsp3) is 0.833. The maximum atomic E-state index is 8.48. The number of hydrogen-bond acceptors (Lipinski definition) is 3. The van der Waals surface area contributed by atoms with E-state index in [1.807, 2.05) is 11.8 Å². The maximum absolute atomic E-state index is 8.48. The molecule has 0 aromatic rings. The Morgan fingerprint density at radius 3 is 2.56 bits per heavy atom. The van der Waals surface area contributed by atoms with Crippen LogP contribution in [-0.2, 0) is 0 Å². The minimum Gasteiger partial charge on any atom is -0.411 e. The number of hydrogen-bond donors (Lipinski definition) is 1. The first-order chi connectivity index (χ1) is 4.17. The van der Waals surface area contributed by atoms with Crippen molar-refractivity contribution in [2.24, 2.45) is 10.6 Å². The molecule has 0 amide bonds. The van der Waals surface area contributed by atoms with Crippen molar-refractivity contribution in [3.8, 4) is 0 Å². The van der Waals surface area contributed by atoms with Crippen molar-refractivity contribution in [3.05, 3.63) is 0 Å². The Morgan fingerprint density at radius 2 is 2.33 bits per heavy atom. The van der Waals surface area contributed by atoms with Gasteiger partial charge in [0.25, 0.3) is 0 Å². The van der Waals surface area contributed by atoms with E-state index in [1.54, 1.807) is 0 Å². The normalized spacial score (nSPS) is 29.3. The second-order valence-electron chi connectivity index (χ2n) is 2.92. The fourth-order valence-electron chi connectivity index (χ4n) is 0.846. The predicted molar refractivity (Wildman–Crippen MR) is 40.3 cm³/mol. The van der Waals surface area contributed by atoms with Gasteiger partial charge in [0.15, 0.2) is 0 Å². The van der Waals surface area contributed by atoms with Gasteiger partial charge in [-0.2, -0.15) is 11.8 Å². The molecule has 1 N–H and O–H groups in total. The van der Waals surface area contributed by atoms with Gasteiger partial charge in [0.05, 0.1) is 5.71 Å².